The highest BCUT2D eigenvalue weighted by Crippen LogP contribution is 2.02. The summed E-state index contributed by atoms with van der Waals surface area (Å²) in [5.74, 6) is -0.654. The van der Waals surface area contributed by atoms with E-state index in [-0.39, 0.29) is 0 Å². The molecule has 0 aliphatic rings. The van der Waals surface area contributed by atoms with Gasteiger partial charge in [0.2, 0.25) is 0 Å². The van der Waals surface area contributed by atoms with E-state index in [0.29, 0.717) is 5.75 Å². The van der Waals surface area contributed by atoms with Gasteiger partial charge in [-0.15, -0.1) is 11.6 Å². The fourth-order valence-corrected chi connectivity index (χ4v) is 0.428. The summed E-state index contributed by atoms with van der Waals surface area (Å²) in [5, 5.41) is 15.7. The van der Waals surface area contributed by atoms with Crippen LogP contribution in [0.1, 0.15) is 6.92 Å². The molecule has 0 heterocycles. The smallest absolute Gasteiger partial charge is 0.321 e. The van der Waals surface area contributed by atoms with E-state index < -0.39 is 11.3 Å². The van der Waals surface area contributed by atoms with Crippen molar-refractivity contribution in [1.82, 2.24) is 0 Å². The van der Waals surface area contributed by atoms with Gasteiger partial charge in [-0.3, -0.25) is 4.79 Å². The number of carbonyl (C=O) groups excluding carboxylic acids is 1. The van der Waals surface area contributed by atoms with E-state index in [1.807, 2.05) is 12.9 Å². The first-order chi connectivity index (χ1) is 7.04. The molecule has 0 saturated heterocycles. The predicted molar refractivity (Wildman–Crippen MR) is 58.2 cm³/mol. The van der Waals surface area contributed by atoms with E-state index >= 15 is 0 Å². The van der Waals surface area contributed by atoms with Gasteiger partial charge in [-0.25, -0.2) is 0 Å². The van der Waals surface area contributed by atoms with Crippen LogP contribution in [0.3, 0.4) is 0 Å². The third kappa shape index (κ3) is 12.4. The van der Waals surface area contributed by atoms with Crippen LogP contribution in [-0.2, 0) is 9.59 Å². The molecule has 84 valence electrons. The Kier molecular flexibility index (Phi) is 11.2. The number of phenolic OH excluding ortho intramolecular Hbond substituents is 1. The zero-order chi connectivity index (χ0) is 12.3. The van der Waals surface area contributed by atoms with Crippen molar-refractivity contribution in [3.05, 3.63) is 30.3 Å². The second-order valence-electron chi connectivity index (χ2n) is 2.29. The third-order valence-electron chi connectivity index (χ3n) is 1.10. The quantitative estimate of drug-likeness (QED) is 0.726. The normalized spacial score (nSPS) is 9.73. The molecule has 15 heavy (non-hydrogen) atoms. The molecule has 2 N–H and O–H groups in total. The fraction of sp³-hybridized carbons (Fsp3) is 0.200. The first-order valence-corrected chi connectivity index (χ1v) is 4.37. The minimum atomic E-state index is -0.975. The maximum Gasteiger partial charge on any atom is 0.321 e. The van der Waals surface area contributed by atoms with Gasteiger partial charge in [0.1, 0.15) is 17.9 Å². The Morgan fingerprint density at radius 1 is 1.33 bits per heavy atom. The van der Waals surface area contributed by atoms with Gasteiger partial charge >= 0.3 is 5.97 Å². The van der Waals surface area contributed by atoms with Crippen molar-refractivity contribution in [2.24, 2.45) is 0 Å². The molecule has 1 aromatic carbocycles. The topological polar surface area (TPSA) is 74.6 Å². The van der Waals surface area contributed by atoms with Crippen LogP contribution in [0.15, 0.2) is 30.3 Å². The highest BCUT2D eigenvalue weighted by molar-refractivity contribution is 6.29. The highest BCUT2D eigenvalue weighted by Gasteiger charge is 2.02. The number of carbonyl (C=O) groups is 2. The first kappa shape index (κ1) is 15.9. The summed E-state index contributed by atoms with van der Waals surface area (Å²) in [7, 11) is 0. The molecule has 0 spiro atoms. The van der Waals surface area contributed by atoms with Crippen LogP contribution in [0.4, 0.5) is 0 Å². The Bertz CT molecular complexity index is 261. The summed E-state index contributed by atoms with van der Waals surface area (Å²) in [4.78, 5) is 17.6. The van der Waals surface area contributed by atoms with E-state index in [9.17, 15) is 4.79 Å². The van der Waals surface area contributed by atoms with E-state index in [1.165, 1.54) is 6.92 Å². The maximum atomic E-state index is 9.57. The number of aromatic hydroxyl groups is 1. The van der Waals surface area contributed by atoms with Crippen molar-refractivity contribution < 1.29 is 19.8 Å². The summed E-state index contributed by atoms with van der Waals surface area (Å²) in [5.41, 5.74) is 0. The van der Waals surface area contributed by atoms with E-state index in [0.717, 1.165) is 0 Å². The Morgan fingerprint density at radius 2 is 1.67 bits per heavy atom. The lowest BCUT2D eigenvalue weighted by Gasteiger charge is -1.86. The number of para-hydroxylation sites is 1. The summed E-state index contributed by atoms with van der Waals surface area (Å²) in [6.07, 6.45) is 0. The average molecular weight is 233 g/mol. The molecule has 0 aliphatic heterocycles. The van der Waals surface area contributed by atoms with Gasteiger partial charge in [0.25, 0.3) is 0 Å². The molecule has 1 atom stereocenters. The van der Waals surface area contributed by atoms with Crippen molar-refractivity contribution in [3.8, 4) is 5.75 Å². The van der Waals surface area contributed by atoms with Crippen molar-refractivity contribution in [1.29, 1.82) is 0 Å². The van der Waals surface area contributed by atoms with Gasteiger partial charge in [-0.2, -0.15) is 0 Å². The van der Waals surface area contributed by atoms with Crippen LogP contribution in [0.25, 0.3) is 0 Å². The summed E-state index contributed by atoms with van der Waals surface area (Å²) >= 11 is 5.01. The number of alkyl halides is 1. The van der Waals surface area contributed by atoms with Crippen LogP contribution in [0.2, 0.25) is 0 Å². The van der Waals surface area contributed by atoms with Crippen molar-refractivity contribution >= 4 is 24.4 Å². The standard InChI is InChI=1S/C6H6O.C3H5ClO2.CH2O/c7-6-4-2-1-3-5-6;1-2(4)3(5)6;1-2/h1-5,7H;2H,1H3,(H,5,6);1H2. The molecular formula is C10H13ClO4. The molecule has 0 saturated carbocycles. The minimum Gasteiger partial charge on any atom is -0.508 e. The van der Waals surface area contributed by atoms with Crippen LogP contribution in [0.5, 0.6) is 5.75 Å². The maximum absolute atomic E-state index is 9.57. The molecule has 4 nitrogen and oxygen atoms in total. The number of phenols is 1. The second kappa shape index (κ2) is 10.5. The average Bonchev–Trinajstić information content (AvgIpc) is 2.22. The molecule has 1 aromatic rings. The van der Waals surface area contributed by atoms with Crippen LogP contribution in [0, 0.1) is 0 Å². The number of halogens is 1. The zero-order valence-corrected chi connectivity index (χ0v) is 9.02. The lowest BCUT2D eigenvalue weighted by Crippen LogP contribution is -2.06. The number of carboxylic acids is 1. The number of hydrogen-bond donors (Lipinski definition) is 2. The molecule has 0 amide bonds. The SMILES string of the molecule is C=O.CC(Cl)C(=O)O.Oc1ccccc1. The molecular weight excluding hydrogens is 220 g/mol. The minimum absolute atomic E-state index is 0.322. The van der Waals surface area contributed by atoms with Crippen LogP contribution >= 0.6 is 11.6 Å². The lowest BCUT2D eigenvalue weighted by atomic mass is 10.3. The van der Waals surface area contributed by atoms with Gasteiger partial charge < -0.3 is 15.0 Å². The Hall–Kier alpha value is -1.55. The molecule has 0 aromatic heterocycles. The van der Waals surface area contributed by atoms with Crippen LogP contribution < -0.4 is 0 Å². The van der Waals surface area contributed by atoms with Crippen molar-refractivity contribution in [3.63, 3.8) is 0 Å². The van der Waals surface area contributed by atoms with E-state index in [2.05, 4.69) is 0 Å². The van der Waals surface area contributed by atoms with Gasteiger partial charge in [0.15, 0.2) is 0 Å². The van der Waals surface area contributed by atoms with Crippen molar-refractivity contribution in [2.75, 3.05) is 0 Å². The highest BCUT2D eigenvalue weighted by atomic mass is 35.5. The Morgan fingerprint density at radius 3 is 1.80 bits per heavy atom. The zero-order valence-electron chi connectivity index (χ0n) is 8.26. The van der Waals surface area contributed by atoms with Crippen LogP contribution in [-0.4, -0.2) is 28.3 Å². The van der Waals surface area contributed by atoms with Gasteiger partial charge in [0.05, 0.1) is 0 Å². The Balaban J connectivity index is 0. The summed E-state index contributed by atoms with van der Waals surface area (Å²) in [6.45, 7) is 3.41. The molecule has 0 aliphatic carbocycles. The molecule has 1 unspecified atom stereocenters. The molecule has 0 fully saturated rings. The molecule has 1 rings (SSSR count). The number of aliphatic carboxylic acids is 1. The number of hydrogen-bond acceptors (Lipinski definition) is 3. The van der Waals surface area contributed by atoms with Crippen molar-refractivity contribution in [2.45, 2.75) is 12.3 Å². The van der Waals surface area contributed by atoms with Gasteiger partial charge in [-0.05, 0) is 19.1 Å². The Labute approximate surface area is 93.1 Å². The van der Waals surface area contributed by atoms with Gasteiger partial charge in [-0.1, -0.05) is 18.2 Å². The van der Waals surface area contributed by atoms with Gasteiger partial charge in [0, 0.05) is 0 Å². The summed E-state index contributed by atoms with van der Waals surface area (Å²) in [6, 6.07) is 8.71. The predicted octanol–water partition coefficient (Wildman–Crippen LogP) is 1.91. The molecule has 0 radical (unpaired) electrons. The number of carboxylic acid groups (broad SMARTS) is 1. The first-order valence-electron chi connectivity index (χ1n) is 3.93. The third-order valence-corrected chi connectivity index (χ3v) is 1.28. The van der Waals surface area contributed by atoms with E-state index in [1.54, 1.807) is 24.3 Å². The monoisotopic (exact) mass is 232 g/mol. The number of benzene rings is 1. The second-order valence-corrected chi connectivity index (χ2v) is 2.94. The molecule has 0 bridgehead atoms. The fourth-order valence-electron chi connectivity index (χ4n) is 0.428. The largest absolute Gasteiger partial charge is 0.508 e. The van der Waals surface area contributed by atoms with E-state index in [4.69, 9.17) is 26.6 Å². The summed E-state index contributed by atoms with van der Waals surface area (Å²) < 4.78 is 0. The molecule has 5 heteroatoms. The lowest BCUT2D eigenvalue weighted by molar-refractivity contribution is -0.136. The number of rotatable bonds is 1.